The van der Waals surface area contributed by atoms with Gasteiger partial charge in [0.1, 0.15) is 0 Å². The van der Waals surface area contributed by atoms with Crippen LogP contribution < -0.4 is 5.32 Å². The van der Waals surface area contributed by atoms with Crippen LogP contribution in [0.2, 0.25) is 0 Å². The molecule has 80 valence electrons. The van der Waals surface area contributed by atoms with Gasteiger partial charge >= 0.3 is 0 Å². The summed E-state index contributed by atoms with van der Waals surface area (Å²) >= 11 is 0. The van der Waals surface area contributed by atoms with Gasteiger partial charge in [0.2, 0.25) is 0 Å². The van der Waals surface area contributed by atoms with E-state index in [1.807, 2.05) is 0 Å². The fourth-order valence-electron chi connectivity index (χ4n) is 1.05. The first-order chi connectivity index (χ1) is 6.41. The number of ether oxygens (including phenoxy) is 2. The molecule has 13 heavy (non-hydrogen) atoms. The van der Waals surface area contributed by atoms with E-state index < -0.39 is 0 Å². The Morgan fingerprint density at radius 2 is 1.85 bits per heavy atom. The monoisotopic (exact) mass is 189 g/mol. The summed E-state index contributed by atoms with van der Waals surface area (Å²) in [6, 6.07) is 0. The van der Waals surface area contributed by atoms with Crippen molar-refractivity contribution in [2.75, 3.05) is 40.0 Å². The molecule has 0 heterocycles. The maximum absolute atomic E-state index is 5.34. The summed E-state index contributed by atoms with van der Waals surface area (Å²) < 4.78 is 10.2. The topological polar surface area (TPSA) is 30.5 Å². The first-order valence-corrected chi connectivity index (χ1v) is 5.19. The molecule has 0 rings (SSSR count). The van der Waals surface area contributed by atoms with Gasteiger partial charge < -0.3 is 14.8 Å². The summed E-state index contributed by atoms with van der Waals surface area (Å²) in [5.41, 5.74) is 0. The van der Waals surface area contributed by atoms with Gasteiger partial charge in [-0.05, 0) is 32.4 Å². The summed E-state index contributed by atoms with van der Waals surface area (Å²) in [7, 11) is 1.69. The van der Waals surface area contributed by atoms with E-state index in [1.54, 1.807) is 7.11 Å². The first-order valence-electron chi connectivity index (χ1n) is 5.19. The van der Waals surface area contributed by atoms with Crippen molar-refractivity contribution in [3.63, 3.8) is 0 Å². The molecule has 0 aromatic heterocycles. The summed E-state index contributed by atoms with van der Waals surface area (Å²) in [4.78, 5) is 0. The number of unbranched alkanes of at least 4 members (excludes halogenated alkanes) is 2. The third-order valence-electron chi connectivity index (χ3n) is 1.82. The highest BCUT2D eigenvalue weighted by molar-refractivity contribution is 4.45. The largest absolute Gasteiger partial charge is 0.382 e. The predicted octanol–water partition coefficient (Wildman–Crippen LogP) is 1.43. The third kappa shape index (κ3) is 11.9. The molecule has 0 saturated heterocycles. The van der Waals surface area contributed by atoms with Crippen molar-refractivity contribution in [1.29, 1.82) is 0 Å². The molecular weight excluding hydrogens is 166 g/mol. The van der Waals surface area contributed by atoms with Crippen molar-refractivity contribution in [2.24, 2.45) is 0 Å². The molecule has 3 heteroatoms. The van der Waals surface area contributed by atoms with Crippen LogP contribution in [-0.2, 0) is 9.47 Å². The van der Waals surface area contributed by atoms with Crippen molar-refractivity contribution >= 4 is 0 Å². The second-order valence-corrected chi connectivity index (χ2v) is 3.02. The Bertz CT molecular complexity index is 79.0. The zero-order valence-electron chi connectivity index (χ0n) is 8.97. The molecule has 0 saturated carbocycles. The van der Waals surface area contributed by atoms with Gasteiger partial charge in [0.05, 0.1) is 13.2 Å². The molecule has 3 nitrogen and oxygen atoms in total. The van der Waals surface area contributed by atoms with E-state index in [0.717, 1.165) is 32.7 Å². The molecule has 0 aliphatic carbocycles. The van der Waals surface area contributed by atoms with Crippen molar-refractivity contribution < 1.29 is 9.47 Å². The van der Waals surface area contributed by atoms with Gasteiger partial charge in [-0.1, -0.05) is 6.92 Å². The lowest BCUT2D eigenvalue weighted by Gasteiger charge is -2.03. The van der Waals surface area contributed by atoms with Crippen molar-refractivity contribution in [2.45, 2.75) is 26.2 Å². The Balaban J connectivity index is 2.76. The Hall–Kier alpha value is -0.120. The SMILES string of the molecule is CCNCCCCCOCCOC. The quantitative estimate of drug-likeness (QED) is 0.527. The summed E-state index contributed by atoms with van der Waals surface area (Å²) in [5.74, 6) is 0. The zero-order chi connectivity index (χ0) is 9.78. The van der Waals surface area contributed by atoms with Gasteiger partial charge in [-0.25, -0.2) is 0 Å². The average molecular weight is 189 g/mol. The molecule has 0 aliphatic rings. The van der Waals surface area contributed by atoms with Crippen molar-refractivity contribution in [1.82, 2.24) is 5.32 Å². The Labute approximate surface area is 81.8 Å². The highest BCUT2D eigenvalue weighted by atomic mass is 16.5. The standard InChI is InChI=1S/C10H23NO2/c1-3-11-7-5-4-6-8-13-10-9-12-2/h11H,3-10H2,1-2H3. The maximum Gasteiger partial charge on any atom is 0.0700 e. The van der Waals surface area contributed by atoms with Gasteiger partial charge in [-0.2, -0.15) is 0 Å². The fourth-order valence-corrected chi connectivity index (χ4v) is 1.05. The molecule has 0 aromatic carbocycles. The zero-order valence-corrected chi connectivity index (χ0v) is 8.97. The van der Waals surface area contributed by atoms with Crippen LogP contribution in [0.1, 0.15) is 26.2 Å². The van der Waals surface area contributed by atoms with Crippen molar-refractivity contribution in [3.05, 3.63) is 0 Å². The minimum absolute atomic E-state index is 0.706. The molecule has 0 atom stereocenters. The van der Waals surface area contributed by atoms with Crippen LogP contribution in [0.25, 0.3) is 0 Å². The molecular formula is C10H23NO2. The van der Waals surface area contributed by atoms with Crippen LogP contribution in [0.4, 0.5) is 0 Å². The van der Waals surface area contributed by atoms with E-state index >= 15 is 0 Å². The van der Waals surface area contributed by atoms with Gasteiger partial charge in [-0.15, -0.1) is 0 Å². The van der Waals surface area contributed by atoms with E-state index in [-0.39, 0.29) is 0 Å². The lowest BCUT2D eigenvalue weighted by Crippen LogP contribution is -2.14. The lowest BCUT2D eigenvalue weighted by atomic mass is 10.2. The highest BCUT2D eigenvalue weighted by Gasteiger charge is 1.89. The van der Waals surface area contributed by atoms with E-state index in [9.17, 15) is 0 Å². The minimum atomic E-state index is 0.706. The molecule has 0 radical (unpaired) electrons. The second-order valence-electron chi connectivity index (χ2n) is 3.02. The van der Waals surface area contributed by atoms with Crippen LogP contribution in [0.3, 0.4) is 0 Å². The van der Waals surface area contributed by atoms with E-state index in [0.29, 0.717) is 6.61 Å². The maximum atomic E-state index is 5.34. The molecule has 0 amide bonds. The Kier molecular flexibility index (Phi) is 11.8. The van der Waals surface area contributed by atoms with E-state index in [4.69, 9.17) is 9.47 Å². The Morgan fingerprint density at radius 1 is 1.00 bits per heavy atom. The number of methoxy groups -OCH3 is 1. The summed E-state index contributed by atoms with van der Waals surface area (Å²) in [6.07, 6.45) is 3.66. The molecule has 0 aromatic rings. The van der Waals surface area contributed by atoms with Crippen LogP contribution >= 0.6 is 0 Å². The van der Waals surface area contributed by atoms with Crippen LogP contribution in [-0.4, -0.2) is 40.0 Å². The van der Waals surface area contributed by atoms with E-state index in [2.05, 4.69) is 12.2 Å². The smallest absolute Gasteiger partial charge is 0.0700 e. The van der Waals surface area contributed by atoms with Gasteiger partial charge in [-0.3, -0.25) is 0 Å². The lowest BCUT2D eigenvalue weighted by molar-refractivity contribution is 0.0686. The molecule has 0 bridgehead atoms. The van der Waals surface area contributed by atoms with Crippen LogP contribution in [0, 0.1) is 0 Å². The third-order valence-corrected chi connectivity index (χ3v) is 1.82. The number of rotatable bonds is 10. The number of hydrogen-bond acceptors (Lipinski definition) is 3. The first kappa shape index (κ1) is 12.9. The van der Waals surface area contributed by atoms with Gasteiger partial charge in [0, 0.05) is 13.7 Å². The fraction of sp³-hybridized carbons (Fsp3) is 1.00. The second kappa shape index (κ2) is 11.9. The molecule has 0 aliphatic heterocycles. The average Bonchev–Trinajstić information content (AvgIpc) is 2.16. The predicted molar refractivity (Wildman–Crippen MR) is 55.1 cm³/mol. The number of nitrogens with one attached hydrogen (secondary N) is 1. The molecule has 1 N–H and O–H groups in total. The van der Waals surface area contributed by atoms with Crippen LogP contribution in [0.5, 0.6) is 0 Å². The normalized spacial score (nSPS) is 10.6. The minimum Gasteiger partial charge on any atom is -0.382 e. The summed E-state index contributed by atoms with van der Waals surface area (Å²) in [6.45, 7) is 6.64. The Morgan fingerprint density at radius 3 is 2.54 bits per heavy atom. The van der Waals surface area contributed by atoms with E-state index in [1.165, 1.54) is 12.8 Å². The van der Waals surface area contributed by atoms with Crippen molar-refractivity contribution in [3.8, 4) is 0 Å². The van der Waals surface area contributed by atoms with Gasteiger partial charge in [0.15, 0.2) is 0 Å². The van der Waals surface area contributed by atoms with Crippen LogP contribution in [0.15, 0.2) is 0 Å². The molecule has 0 spiro atoms. The highest BCUT2D eigenvalue weighted by Crippen LogP contribution is 1.94. The van der Waals surface area contributed by atoms with Gasteiger partial charge in [0.25, 0.3) is 0 Å². The molecule has 0 unspecified atom stereocenters. The molecule has 0 fully saturated rings. The summed E-state index contributed by atoms with van der Waals surface area (Å²) in [5, 5.41) is 3.30. The number of hydrogen-bond donors (Lipinski definition) is 1.